The van der Waals surface area contributed by atoms with E-state index in [1.165, 1.54) is 5.56 Å². The number of para-hydroxylation sites is 1. The summed E-state index contributed by atoms with van der Waals surface area (Å²) >= 11 is 0. The molecule has 4 nitrogen and oxygen atoms in total. The van der Waals surface area contributed by atoms with Crippen molar-refractivity contribution < 1.29 is 4.74 Å². The maximum absolute atomic E-state index is 5.70. The summed E-state index contributed by atoms with van der Waals surface area (Å²) < 4.78 is 5.70. The van der Waals surface area contributed by atoms with Gasteiger partial charge in [-0.15, -0.1) is 10.2 Å². The number of benzene rings is 1. The zero-order valence-corrected chi connectivity index (χ0v) is 11.0. The number of hydrogen-bond donors (Lipinski definition) is 1. The smallest absolute Gasteiger partial charge is 0.148 e. The van der Waals surface area contributed by atoms with Gasteiger partial charge in [0.25, 0.3) is 0 Å². The molecule has 0 spiro atoms. The monoisotopic (exact) mass is 255 g/mol. The maximum Gasteiger partial charge on any atom is 0.148 e. The Morgan fingerprint density at radius 3 is 2.95 bits per heavy atom. The first-order valence-electron chi connectivity index (χ1n) is 6.71. The first-order chi connectivity index (χ1) is 9.38. The number of hydrogen-bond acceptors (Lipinski definition) is 4. The van der Waals surface area contributed by atoms with Crippen LogP contribution in [0.15, 0.2) is 30.3 Å². The SMILES string of the molecule is CCCNc1ccc(-c2cccc3c2OCC3)nn1. The summed E-state index contributed by atoms with van der Waals surface area (Å²) in [6.07, 6.45) is 2.05. The molecule has 4 heteroatoms. The number of nitrogens with zero attached hydrogens (tertiary/aromatic N) is 2. The van der Waals surface area contributed by atoms with Crippen molar-refractivity contribution >= 4 is 5.82 Å². The van der Waals surface area contributed by atoms with Crippen molar-refractivity contribution in [3.8, 4) is 17.0 Å². The molecule has 1 aliphatic rings. The van der Waals surface area contributed by atoms with E-state index in [1.807, 2.05) is 24.3 Å². The topological polar surface area (TPSA) is 47.0 Å². The highest BCUT2D eigenvalue weighted by molar-refractivity contribution is 5.70. The molecule has 0 bridgehead atoms. The summed E-state index contributed by atoms with van der Waals surface area (Å²) in [5.74, 6) is 1.78. The minimum absolute atomic E-state index is 0.760. The minimum atomic E-state index is 0.760. The molecule has 0 aliphatic carbocycles. The van der Waals surface area contributed by atoms with Crippen molar-refractivity contribution in [3.05, 3.63) is 35.9 Å². The number of nitrogens with one attached hydrogen (secondary N) is 1. The van der Waals surface area contributed by atoms with E-state index in [0.29, 0.717) is 0 Å². The van der Waals surface area contributed by atoms with Crippen LogP contribution in [0.2, 0.25) is 0 Å². The molecule has 1 aromatic heterocycles. The molecule has 0 radical (unpaired) electrons. The van der Waals surface area contributed by atoms with Gasteiger partial charge in [-0.25, -0.2) is 0 Å². The first-order valence-corrected chi connectivity index (χ1v) is 6.71. The largest absolute Gasteiger partial charge is 0.492 e. The lowest BCUT2D eigenvalue weighted by atomic mass is 10.1. The predicted octanol–water partition coefficient (Wildman–Crippen LogP) is 2.90. The number of ether oxygens (including phenoxy) is 1. The third-order valence-corrected chi connectivity index (χ3v) is 3.21. The average Bonchev–Trinajstić information content (AvgIpc) is 2.94. The highest BCUT2D eigenvalue weighted by Crippen LogP contribution is 2.35. The van der Waals surface area contributed by atoms with Crippen LogP contribution in [-0.4, -0.2) is 23.3 Å². The summed E-state index contributed by atoms with van der Waals surface area (Å²) in [5.41, 5.74) is 3.15. The number of rotatable bonds is 4. The van der Waals surface area contributed by atoms with Crippen LogP contribution in [0.1, 0.15) is 18.9 Å². The van der Waals surface area contributed by atoms with E-state index in [1.54, 1.807) is 0 Å². The van der Waals surface area contributed by atoms with Crippen LogP contribution in [0, 0.1) is 0 Å². The molecule has 2 aromatic rings. The second-order valence-electron chi connectivity index (χ2n) is 4.62. The van der Waals surface area contributed by atoms with Gasteiger partial charge in [0.1, 0.15) is 11.6 Å². The quantitative estimate of drug-likeness (QED) is 0.912. The Morgan fingerprint density at radius 2 is 2.16 bits per heavy atom. The molecular weight excluding hydrogens is 238 g/mol. The summed E-state index contributed by atoms with van der Waals surface area (Å²) in [6, 6.07) is 10.1. The van der Waals surface area contributed by atoms with Crippen LogP contribution in [0.5, 0.6) is 5.75 Å². The molecule has 0 saturated heterocycles. The lowest BCUT2D eigenvalue weighted by Gasteiger charge is -2.08. The van der Waals surface area contributed by atoms with Crippen LogP contribution in [0.3, 0.4) is 0 Å². The molecular formula is C15H17N3O. The van der Waals surface area contributed by atoms with Gasteiger partial charge in [-0.3, -0.25) is 0 Å². The fourth-order valence-corrected chi connectivity index (χ4v) is 2.24. The normalized spacial score (nSPS) is 12.9. The van der Waals surface area contributed by atoms with E-state index in [0.717, 1.165) is 48.8 Å². The van der Waals surface area contributed by atoms with Gasteiger partial charge in [0, 0.05) is 18.5 Å². The van der Waals surface area contributed by atoms with Crippen molar-refractivity contribution in [2.45, 2.75) is 19.8 Å². The Labute approximate surface area is 112 Å². The van der Waals surface area contributed by atoms with Gasteiger partial charge in [0.15, 0.2) is 0 Å². The molecule has 3 rings (SSSR count). The van der Waals surface area contributed by atoms with E-state index in [2.05, 4.69) is 28.5 Å². The van der Waals surface area contributed by atoms with E-state index < -0.39 is 0 Å². The Balaban J connectivity index is 1.88. The Kier molecular flexibility index (Phi) is 3.31. The second kappa shape index (κ2) is 5.26. The van der Waals surface area contributed by atoms with E-state index in [4.69, 9.17) is 4.74 Å². The van der Waals surface area contributed by atoms with Crippen LogP contribution >= 0.6 is 0 Å². The van der Waals surface area contributed by atoms with Gasteiger partial charge in [0.05, 0.1) is 12.3 Å². The average molecular weight is 255 g/mol. The van der Waals surface area contributed by atoms with Gasteiger partial charge < -0.3 is 10.1 Å². The summed E-state index contributed by atoms with van der Waals surface area (Å²) in [4.78, 5) is 0. The lowest BCUT2D eigenvalue weighted by Crippen LogP contribution is -2.03. The third-order valence-electron chi connectivity index (χ3n) is 3.21. The molecule has 0 amide bonds. The van der Waals surface area contributed by atoms with Crippen LogP contribution in [-0.2, 0) is 6.42 Å². The summed E-state index contributed by atoms with van der Waals surface area (Å²) in [7, 11) is 0. The number of anilines is 1. The van der Waals surface area contributed by atoms with Crippen molar-refractivity contribution in [1.29, 1.82) is 0 Å². The van der Waals surface area contributed by atoms with E-state index >= 15 is 0 Å². The molecule has 19 heavy (non-hydrogen) atoms. The van der Waals surface area contributed by atoms with E-state index in [9.17, 15) is 0 Å². The third kappa shape index (κ3) is 2.38. The highest BCUT2D eigenvalue weighted by atomic mass is 16.5. The molecule has 1 aromatic carbocycles. The van der Waals surface area contributed by atoms with Crippen molar-refractivity contribution in [2.24, 2.45) is 0 Å². The predicted molar refractivity (Wildman–Crippen MR) is 75.4 cm³/mol. The molecule has 0 unspecified atom stereocenters. The zero-order valence-electron chi connectivity index (χ0n) is 11.0. The summed E-state index contributed by atoms with van der Waals surface area (Å²) in [5, 5.41) is 11.7. The molecule has 0 atom stereocenters. The molecule has 2 heterocycles. The summed E-state index contributed by atoms with van der Waals surface area (Å²) in [6.45, 7) is 3.80. The van der Waals surface area contributed by atoms with Crippen LogP contribution in [0.4, 0.5) is 5.82 Å². The van der Waals surface area contributed by atoms with Crippen molar-refractivity contribution in [1.82, 2.24) is 10.2 Å². The fraction of sp³-hybridized carbons (Fsp3) is 0.333. The zero-order chi connectivity index (χ0) is 13.1. The van der Waals surface area contributed by atoms with E-state index in [-0.39, 0.29) is 0 Å². The van der Waals surface area contributed by atoms with Gasteiger partial charge in [0.2, 0.25) is 0 Å². The van der Waals surface area contributed by atoms with Gasteiger partial charge >= 0.3 is 0 Å². The fourth-order valence-electron chi connectivity index (χ4n) is 2.24. The molecule has 1 aliphatic heterocycles. The van der Waals surface area contributed by atoms with Gasteiger partial charge in [-0.05, 0) is 30.2 Å². The Bertz CT molecular complexity index is 566. The molecule has 0 fully saturated rings. The number of aromatic nitrogens is 2. The van der Waals surface area contributed by atoms with Crippen LogP contribution < -0.4 is 10.1 Å². The number of fused-ring (bicyclic) bond motifs is 1. The Hall–Kier alpha value is -2.10. The molecule has 0 saturated carbocycles. The standard InChI is InChI=1S/C15H17N3O/c1-2-9-16-14-7-6-13(17-18-14)12-5-3-4-11-8-10-19-15(11)12/h3-7H,2,8-10H2,1H3,(H,16,18). The van der Waals surface area contributed by atoms with Crippen LogP contribution in [0.25, 0.3) is 11.3 Å². The second-order valence-corrected chi connectivity index (χ2v) is 4.62. The molecule has 98 valence electrons. The van der Waals surface area contributed by atoms with Gasteiger partial charge in [-0.1, -0.05) is 19.1 Å². The molecule has 1 N–H and O–H groups in total. The lowest BCUT2D eigenvalue weighted by molar-refractivity contribution is 0.358. The highest BCUT2D eigenvalue weighted by Gasteiger charge is 2.17. The minimum Gasteiger partial charge on any atom is -0.492 e. The van der Waals surface area contributed by atoms with Crippen molar-refractivity contribution in [2.75, 3.05) is 18.5 Å². The Morgan fingerprint density at radius 1 is 1.21 bits per heavy atom. The first kappa shape index (κ1) is 12.0. The van der Waals surface area contributed by atoms with Gasteiger partial charge in [-0.2, -0.15) is 0 Å². The van der Waals surface area contributed by atoms with Crippen molar-refractivity contribution in [3.63, 3.8) is 0 Å². The maximum atomic E-state index is 5.70.